The highest BCUT2D eigenvalue weighted by molar-refractivity contribution is 9.10. The summed E-state index contributed by atoms with van der Waals surface area (Å²) in [6.07, 6.45) is 0. The molecule has 1 aromatic heterocycles. The number of halogens is 4. The smallest absolute Gasteiger partial charge is 0.223 e. The molecule has 0 bridgehead atoms. The lowest BCUT2D eigenvalue weighted by Crippen LogP contribution is -2.16. The van der Waals surface area contributed by atoms with Crippen LogP contribution in [0.3, 0.4) is 0 Å². The molecule has 2 rings (SSSR count). The molecule has 112 valence electrons. The SMILES string of the molecule is CC(C)(C)c1nc(Br)cc(Oc2cc(Cl)c(Br)cc2Cl)n1. The highest BCUT2D eigenvalue weighted by Crippen LogP contribution is 2.36. The number of rotatable bonds is 2. The maximum Gasteiger partial charge on any atom is 0.223 e. The first-order valence-electron chi connectivity index (χ1n) is 6.04. The number of hydrogen-bond donors (Lipinski definition) is 0. The van der Waals surface area contributed by atoms with Crippen molar-refractivity contribution < 1.29 is 4.74 Å². The van der Waals surface area contributed by atoms with E-state index in [1.807, 2.05) is 20.8 Å². The van der Waals surface area contributed by atoms with Crippen LogP contribution >= 0.6 is 55.1 Å². The quantitative estimate of drug-likeness (QED) is 0.389. The first kappa shape index (κ1) is 17.0. The Hall–Kier alpha value is -0.360. The third-order valence-corrected chi connectivity index (χ3v) is 4.43. The predicted octanol–water partition coefficient (Wildman–Crippen LogP) is 6.40. The molecule has 0 saturated carbocycles. The van der Waals surface area contributed by atoms with E-state index in [0.717, 1.165) is 0 Å². The van der Waals surface area contributed by atoms with E-state index in [9.17, 15) is 0 Å². The Morgan fingerprint density at radius 1 is 1.00 bits per heavy atom. The van der Waals surface area contributed by atoms with Crippen LogP contribution in [0.4, 0.5) is 0 Å². The molecule has 3 nitrogen and oxygen atoms in total. The van der Waals surface area contributed by atoms with Gasteiger partial charge in [-0.15, -0.1) is 0 Å². The van der Waals surface area contributed by atoms with Crippen molar-refractivity contribution in [3.05, 3.63) is 43.1 Å². The Bertz CT molecular complexity index is 687. The minimum atomic E-state index is -0.191. The molecule has 0 unspecified atom stereocenters. The van der Waals surface area contributed by atoms with Gasteiger partial charge >= 0.3 is 0 Å². The van der Waals surface area contributed by atoms with E-state index in [0.29, 0.717) is 36.6 Å². The Morgan fingerprint density at radius 2 is 1.67 bits per heavy atom. The van der Waals surface area contributed by atoms with Crippen molar-refractivity contribution in [2.75, 3.05) is 0 Å². The molecular weight excluding hydrogens is 443 g/mol. The second-order valence-corrected chi connectivity index (χ2v) is 7.88. The average Bonchev–Trinajstić information content (AvgIpc) is 2.34. The van der Waals surface area contributed by atoms with Crippen molar-refractivity contribution in [2.45, 2.75) is 26.2 Å². The lowest BCUT2D eigenvalue weighted by molar-refractivity contribution is 0.445. The standard InChI is InChI=1S/C14H12Br2Cl2N2O/c1-14(2,3)13-19-11(16)6-12(20-13)21-10-5-8(17)7(15)4-9(10)18/h4-6H,1-3H3. The van der Waals surface area contributed by atoms with Crippen molar-refractivity contribution in [3.8, 4) is 11.6 Å². The van der Waals surface area contributed by atoms with Crippen LogP contribution in [-0.2, 0) is 5.41 Å². The van der Waals surface area contributed by atoms with E-state index in [4.69, 9.17) is 27.9 Å². The summed E-state index contributed by atoms with van der Waals surface area (Å²) < 4.78 is 7.10. The van der Waals surface area contributed by atoms with E-state index in [1.165, 1.54) is 0 Å². The first-order valence-corrected chi connectivity index (χ1v) is 8.38. The number of nitrogens with zero attached hydrogens (tertiary/aromatic N) is 2. The third kappa shape index (κ3) is 4.31. The predicted molar refractivity (Wildman–Crippen MR) is 92.7 cm³/mol. The molecule has 21 heavy (non-hydrogen) atoms. The summed E-state index contributed by atoms with van der Waals surface area (Å²) >= 11 is 18.9. The van der Waals surface area contributed by atoms with Gasteiger partial charge in [-0.3, -0.25) is 0 Å². The molecule has 0 N–H and O–H groups in total. The minimum absolute atomic E-state index is 0.191. The molecule has 0 radical (unpaired) electrons. The summed E-state index contributed by atoms with van der Waals surface area (Å²) in [7, 11) is 0. The van der Waals surface area contributed by atoms with E-state index in [1.54, 1.807) is 18.2 Å². The van der Waals surface area contributed by atoms with Crippen molar-refractivity contribution in [3.63, 3.8) is 0 Å². The zero-order chi connectivity index (χ0) is 15.8. The van der Waals surface area contributed by atoms with Crippen LogP contribution in [0.1, 0.15) is 26.6 Å². The molecule has 1 heterocycles. The molecule has 0 atom stereocenters. The van der Waals surface area contributed by atoms with Crippen LogP contribution in [0.25, 0.3) is 0 Å². The molecular formula is C14H12Br2Cl2N2O. The Balaban J connectivity index is 2.40. The Morgan fingerprint density at radius 3 is 2.29 bits per heavy atom. The lowest BCUT2D eigenvalue weighted by atomic mass is 9.96. The first-order chi connectivity index (χ1) is 9.66. The van der Waals surface area contributed by atoms with Gasteiger partial charge in [0.2, 0.25) is 5.88 Å². The topological polar surface area (TPSA) is 35.0 Å². The van der Waals surface area contributed by atoms with Crippen LogP contribution in [0, 0.1) is 0 Å². The molecule has 2 aromatic rings. The monoisotopic (exact) mass is 452 g/mol. The highest BCUT2D eigenvalue weighted by Gasteiger charge is 2.19. The summed E-state index contributed by atoms with van der Waals surface area (Å²) in [6, 6.07) is 5.00. The van der Waals surface area contributed by atoms with Crippen LogP contribution in [-0.4, -0.2) is 9.97 Å². The molecule has 0 aliphatic rings. The second-order valence-electron chi connectivity index (χ2n) is 5.40. The zero-order valence-corrected chi connectivity index (χ0v) is 16.2. The average molecular weight is 455 g/mol. The van der Waals surface area contributed by atoms with Gasteiger partial charge in [-0.1, -0.05) is 44.0 Å². The summed E-state index contributed by atoms with van der Waals surface area (Å²) in [5.41, 5.74) is -0.191. The van der Waals surface area contributed by atoms with E-state index >= 15 is 0 Å². The van der Waals surface area contributed by atoms with Gasteiger partial charge in [0.05, 0.1) is 10.0 Å². The Kier molecular flexibility index (Phi) is 5.19. The van der Waals surface area contributed by atoms with E-state index in [-0.39, 0.29) is 5.41 Å². The summed E-state index contributed by atoms with van der Waals surface area (Å²) in [5.74, 6) is 1.52. The third-order valence-electron chi connectivity index (χ3n) is 2.53. The van der Waals surface area contributed by atoms with Crippen molar-refractivity contribution in [1.82, 2.24) is 9.97 Å². The number of ether oxygens (including phenoxy) is 1. The fourth-order valence-corrected chi connectivity index (χ4v) is 2.67. The highest BCUT2D eigenvalue weighted by atomic mass is 79.9. The van der Waals surface area contributed by atoms with Crippen LogP contribution in [0.15, 0.2) is 27.3 Å². The zero-order valence-electron chi connectivity index (χ0n) is 11.5. The van der Waals surface area contributed by atoms with Crippen LogP contribution in [0.2, 0.25) is 10.0 Å². The van der Waals surface area contributed by atoms with Gasteiger partial charge in [0, 0.05) is 22.0 Å². The van der Waals surface area contributed by atoms with Gasteiger partial charge in [-0.2, -0.15) is 4.98 Å². The molecule has 7 heteroatoms. The Labute approximate surface area is 150 Å². The van der Waals surface area contributed by atoms with Gasteiger partial charge in [0.1, 0.15) is 16.2 Å². The van der Waals surface area contributed by atoms with Crippen LogP contribution in [0.5, 0.6) is 11.6 Å². The summed E-state index contributed by atoms with van der Waals surface area (Å²) in [6.45, 7) is 6.09. The van der Waals surface area contributed by atoms with E-state index < -0.39 is 0 Å². The van der Waals surface area contributed by atoms with Gasteiger partial charge < -0.3 is 4.74 Å². The number of aromatic nitrogens is 2. The summed E-state index contributed by atoms with van der Waals surface area (Å²) in [4.78, 5) is 8.78. The number of benzene rings is 1. The molecule has 0 amide bonds. The number of hydrogen-bond acceptors (Lipinski definition) is 3. The van der Waals surface area contributed by atoms with Crippen LogP contribution < -0.4 is 4.74 Å². The lowest BCUT2D eigenvalue weighted by Gasteiger charge is -2.17. The largest absolute Gasteiger partial charge is 0.437 e. The molecule has 1 aromatic carbocycles. The fourth-order valence-electron chi connectivity index (χ4n) is 1.48. The van der Waals surface area contributed by atoms with Gasteiger partial charge in [0.25, 0.3) is 0 Å². The van der Waals surface area contributed by atoms with Crippen molar-refractivity contribution >= 4 is 55.1 Å². The van der Waals surface area contributed by atoms with Crippen molar-refractivity contribution in [1.29, 1.82) is 0 Å². The van der Waals surface area contributed by atoms with Gasteiger partial charge in [-0.05, 0) is 37.9 Å². The normalized spacial score (nSPS) is 11.6. The molecule has 0 aliphatic heterocycles. The molecule has 0 spiro atoms. The van der Waals surface area contributed by atoms with Gasteiger partial charge in [0.15, 0.2) is 0 Å². The molecule has 0 fully saturated rings. The van der Waals surface area contributed by atoms with Gasteiger partial charge in [-0.25, -0.2) is 4.98 Å². The second kappa shape index (κ2) is 6.41. The van der Waals surface area contributed by atoms with Crippen molar-refractivity contribution in [2.24, 2.45) is 0 Å². The maximum absolute atomic E-state index is 6.15. The summed E-state index contributed by atoms with van der Waals surface area (Å²) in [5, 5.41) is 0.955. The molecule has 0 saturated heterocycles. The van der Waals surface area contributed by atoms with E-state index in [2.05, 4.69) is 41.8 Å². The fraction of sp³-hybridized carbons (Fsp3) is 0.286. The minimum Gasteiger partial charge on any atom is -0.437 e. The molecule has 0 aliphatic carbocycles. The maximum atomic E-state index is 6.15.